The van der Waals surface area contributed by atoms with Crippen molar-refractivity contribution in [1.82, 2.24) is 14.5 Å². The van der Waals surface area contributed by atoms with Crippen LogP contribution in [0.2, 0.25) is 5.02 Å². The molecule has 7 heteroatoms. The summed E-state index contributed by atoms with van der Waals surface area (Å²) in [6, 6.07) is 7.65. The summed E-state index contributed by atoms with van der Waals surface area (Å²) < 4.78 is 1.89. The van der Waals surface area contributed by atoms with Crippen molar-refractivity contribution < 1.29 is 4.79 Å². The molecule has 0 aliphatic carbocycles. The first-order chi connectivity index (χ1) is 11.0. The van der Waals surface area contributed by atoms with Gasteiger partial charge in [-0.1, -0.05) is 23.7 Å². The van der Waals surface area contributed by atoms with E-state index in [1.807, 2.05) is 42.7 Å². The van der Waals surface area contributed by atoms with E-state index in [-0.39, 0.29) is 5.91 Å². The number of halogens is 1. The van der Waals surface area contributed by atoms with Gasteiger partial charge in [-0.15, -0.1) is 11.3 Å². The number of rotatable bonds is 4. The van der Waals surface area contributed by atoms with Crippen LogP contribution in [0, 0.1) is 13.8 Å². The molecule has 5 nitrogen and oxygen atoms in total. The molecule has 2 heterocycles. The van der Waals surface area contributed by atoms with Gasteiger partial charge in [0.1, 0.15) is 4.88 Å². The fourth-order valence-electron chi connectivity index (χ4n) is 2.27. The van der Waals surface area contributed by atoms with Crippen molar-refractivity contribution in [3.05, 3.63) is 63.0 Å². The van der Waals surface area contributed by atoms with Crippen LogP contribution in [0.5, 0.6) is 0 Å². The van der Waals surface area contributed by atoms with Crippen LogP contribution in [-0.2, 0) is 6.54 Å². The highest BCUT2D eigenvalue weighted by Crippen LogP contribution is 2.19. The van der Waals surface area contributed by atoms with Gasteiger partial charge in [0.25, 0.3) is 5.91 Å². The van der Waals surface area contributed by atoms with Gasteiger partial charge in [0.15, 0.2) is 5.82 Å². The Balaban J connectivity index is 1.70. The van der Waals surface area contributed by atoms with Crippen molar-refractivity contribution in [3.63, 3.8) is 0 Å². The molecule has 3 aromatic rings. The second-order valence-electron chi connectivity index (χ2n) is 5.16. The number of carbonyl (C=O) groups excluding carboxylic acids is 1. The first-order valence-electron chi connectivity index (χ1n) is 7.03. The van der Waals surface area contributed by atoms with E-state index < -0.39 is 0 Å². The number of hydrogen-bond acceptors (Lipinski definition) is 4. The van der Waals surface area contributed by atoms with Crippen molar-refractivity contribution in [2.75, 3.05) is 5.32 Å². The smallest absolute Gasteiger partial charge is 0.268 e. The van der Waals surface area contributed by atoms with Gasteiger partial charge in [0.2, 0.25) is 0 Å². The Labute approximate surface area is 143 Å². The van der Waals surface area contributed by atoms with Crippen molar-refractivity contribution in [3.8, 4) is 0 Å². The summed E-state index contributed by atoms with van der Waals surface area (Å²) in [4.78, 5) is 21.4. The fraction of sp³-hybridized carbons (Fsp3) is 0.188. The molecule has 0 aliphatic rings. The largest absolute Gasteiger partial charge is 0.331 e. The number of nitrogens with zero attached hydrogens (tertiary/aromatic N) is 3. The molecule has 0 aliphatic heterocycles. The molecule has 118 valence electrons. The van der Waals surface area contributed by atoms with Crippen LogP contribution >= 0.6 is 22.9 Å². The summed E-state index contributed by atoms with van der Waals surface area (Å²) in [7, 11) is 0. The SMILES string of the molecule is Cc1nc(C)c(C(=O)Nc2cn(Cc3cccc(Cl)c3)cn2)s1. The Morgan fingerprint density at radius 1 is 1.39 bits per heavy atom. The highest BCUT2D eigenvalue weighted by molar-refractivity contribution is 7.13. The lowest BCUT2D eigenvalue weighted by atomic mass is 10.2. The molecule has 0 spiro atoms. The van der Waals surface area contributed by atoms with Crippen molar-refractivity contribution in [2.45, 2.75) is 20.4 Å². The van der Waals surface area contributed by atoms with E-state index in [0.29, 0.717) is 22.3 Å². The van der Waals surface area contributed by atoms with Crippen LogP contribution in [0.1, 0.15) is 25.9 Å². The van der Waals surface area contributed by atoms with E-state index in [1.165, 1.54) is 11.3 Å². The third kappa shape index (κ3) is 3.78. The number of hydrogen-bond donors (Lipinski definition) is 1. The van der Waals surface area contributed by atoms with Gasteiger partial charge >= 0.3 is 0 Å². The van der Waals surface area contributed by atoms with Gasteiger partial charge < -0.3 is 9.88 Å². The highest BCUT2D eigenvalue weighted by Gasteiger charge is 2.14. The summed E-state index contributed by atoms with van der Waals surface area (Å²) in [5, 5.41) is 4.38. The second kappa shape index (κ2) is 6.52. The molecule has 2 aromatic heterocycles. The van der Waals surface area contributed by atoms with E-state index in [9.17, 15) is 4.79 Å². The Hall–Kier alpha value is -2.18. The van der Waals surface area contributed by atoms with Gasteiger partial charge in [0.05, 0.1) is 17.0 Å². The molecule has 0 atom stereocenters. The third-order valence-corrected chi connectivity index (χ3v) is 4.55. The number of thiazole rings is 1. The zero-order valence-electron chi connectivity index (χ0n) is 12.7. The third-order valence-electron chi connectivity index (χ3n) is 3.24. The molecule has 0 radical (unpaired) electrons. The minimum absolute atomic E-state index is 0.180. The molecular formula is C16H15ClN4OS. The molecule has 0 saturated carbocycles. The Kier molecular flexibility index (Phi) is 4.45. The minimum Gasteiger partial charge on any atom is -0.331 e. The van der Waals surface area contributed by atoms with Gasteiger partial charge in [0, 0.05) is 17.8 Å². The molecule has 0 fully saturated rings. The van der Waals surface area contributed by atoms with E-state index in [0.717, 1.165) is 16.3 Å². The van der Waals surface area contributed by atoms with E-state index in [2.05, 4.69) is 15.3 Å². The number of benzene rings is 1. The van der Waals surface area contributed by atoms with Crippen molar-refractivity contribution in [2.24, 2.45) is 0 Å². The zero-order chi connectivity index (χ0) is 16.4. The predicted molar refractivity (Wildman–Crippen MR) is 92.3 cm³/mol. The number of nitrogens with one attached hydrogen (secondary N) is 1. The second-order valence-corrected chi connectivity index (χ2v) is 6.80. The number of aromatic nitrogens is 3. The topological polar surface area (TPSA) is 59.8 Å². The molecule has 0 bridgehead atoms. The first kappa shape index (κ1) is 15.7. The standard InChI is InChI=1S/C16H15ClN4OS/c1-10-15(23-11(2)19-10)16(22)20-14-8-21(9-18-14)7-12-4-3-5-13(17)6-12/h3-6,8-9H,7H2,1-2H3,(H,20,22). The predicted octanol–water partition coefficient (Wildman–Crippen LogP) is 3.91. The lowest BCUT2D eigenvalue weighted by Gasteiger charge is -2.03. The van der Waals surface area contributed by atoms with Crippen LogP contribution in [0.25, 0.3) is 0 Å². The van der Waals surface area contributed by atoms with Crippen LogP contribution in [0.4, 0.5) is 5.82 Å². The molecule has 1 amide bonds. The normalized spacial score (nSPS) is 10.7. The molecule has 0 unspecified atom stereocenters. The summed E-state index contributed by atoms with van der Waals surface area (Å²) >= 11 is 7.36. The number of imidazole rings is 1. The van der Waals surface area contributed by atoms with Gasteiger partial charge in [-0.2, -0.15) is 0 Å². The molecule has 1 N–H and O–H groups in total. The summed E-state index contributed by atoms with van der Waals surface area (Å²) in [5.74, 6) is 0.337. The van der Waals surface area contributed by atoms with Gasteiger partial charge in [-0.3, -0.25) is 4.79 Å². The first-order valence-corrected chi connectivity index (χ1v) is 8.22. The number of aryl methyl sites for hydroxylation is 2. The molecule has 0 saturated heterocycles. The maximum atomic E-state index is 12.3. The Bertz CT molecular complexity index is 855. The Morgan fingerprint density at radius 2 is 2.22 bits per heavy atom. The van der Waals surface area contributed by atoms with Gasteiger partial charge in [-0.05, 0) is 31.5 Å². The summed E-state index contributed by atoms with van der Waals surface area (Å²) in [6.45, 7) is 4.35. The number of carbonyl (C=O) groups is 1. The van der Waals surface area contributed by atoms with Gasteiger partial charge in [-0.25, -0.2) is 9.97 Å². The monoisotopic (exact) mass is 346 g/mol. The Morgan fingerprint density at radius 3 is 2.91 bits per heavy atom. The number of anilines is 1. The molecule has 3 rings (SSSR count). The zero-order valence-corrected chi connectivity index (χ0v) is 14.3. The van der Waals surface area contributed by atoms with Crippen LogP contribution in [-0.4, -0.2) is 20.4 Å². The molecule has 23 heavy (non-hydrogen) atoms. The van der Waals surface area contributed by atoms with Crippen molar-refractivity contribution >= 4 is 34.7 Å². The fourth-order valence-corrected chi connectivity index (χ4v) is 3.30. The molecule has 1 aromatic carbocycles. The summed E-state index contributed by atoms with van der Waals surface area (Å²) in [6.07, 6.45) is 3.48. The van der Waals surface area contributed by atoms with Crippen LogP contribution in [0.15, 0.2) is 36.8 Å². The quantitative estimate of drug-likeness (QED) is 0.779. The average Bonchev–Trinajstić information content (AvgIpc) is 3.05. The maximum Gasteiger partial charge on any atom is 0.268 e. The summed E-state index contributed by atoms with van der Waals surface area (Å²) in [5.41, 5.74) is 1.81. The van der Waals surface area contributed by atoms with E-state index in [4.69, 9.17) is 11.6 Å². The maximum absolute atomic E-state index is 12.3. The van der Waals surface area contributed by atoms with Crippen LogP contribution < -0.4 is 5.32 Å². The minimum atomic E-state index is -0.180. The number of amides is 1. The van der Waals surface area contributed by atoms with E-state index >= 15 is 0 Å². The van der Waals surface area contributed by atoms with E-state index in [1.54, 1.807) is 12.5 Å². The van der Waals surface area contributed by atoms with Crippen LogP contribution in [0.3, 0.4) is 0 Å². The average molecular weight is 347 g/mol. The molecular weight excluding hydrogens is 332 g/mol. The highest BCUT2D eigenvalue weighted by atomic mass is 35.5. The lowest BCUT2D eigenvalue weighted by Crippen LogP contribution is -2.11. The lowest BCUT2D eigenvalue weighted by molar-refractivity contribution is 0.102. The van der Waals surface area contributed by atoms with Crippen molar-refractivity contribution in [1.29, 1.82) is 0 Å².